The number of nitrogens with zero attached hydrogens (tertiary/aromatic N) is 4. The second-order valence-electron chi connectivity index (χ2n) is 18.9. The Bertz CT molecular complexity index is 2280. The van der Waals surface area contributed by atoms with E-state index in [1.165, 1.54) is 0 Å². The molecule has 0 spiro atoms. The molecule has 2 aliphatic heterocycles. The van der Waals surface area contributed by atoms with Crippen molar-refractivity contribution in [3.05, 3.63) is 142 Å². The van der Waals surface area contributed by atoms with Crippen LogP contribution in [0.1, 0.15) is 142 Å². The average molecular weight is 989 g/mol. The number of ketones is 1. The number of hydroxylamine groups is 2. The molecule has 0 aliphatic carbocycles. The monoisotopic (exact) mass is 989 g/mol. The van der Waals surface area contributed by atoms with E-state index in [1.54, 1.807) is 38.5 Å². The predicted octanol–water partition coefficient (Wildman–Crippen LogP) is 11.4. The van der Waals surface area contributed by atoms with Crippen LogP contribution in [0.25, 0.3) is 4.85 Å². The first-order chi connectivity index (χ1) is 34.4. The van der Waals surface area contributed by atoms with Gasteiger partial charge in [0.05, 0.1) is 50.7 Å². The summed E-state index contributed by atoms with van der Waals surface area (Å²) in [5.41, 5.74) is 2.42. The van der Waals surface area contributed by atoms with E-state index in [0.29, 0.717) is 69.2 Å². The zero-order valence-corrected chi connectivity index (χ0v) is 43.4. The minimum Gasteiger partial charge on any atom is -0.497 e. The number of imide groups is 1. The number of rotatable bonds is 30. The third-order valence-electron chi connectivity index (χ3n) is 13.2. The Morgan fingerprint density at radius 2 is 1.23 bits per heavy atom. The second-order valence-corrected chi connectivity index (χ2v) is 20.7. The molecule has 6 rings (SSSR count). The van der Waals surface area contributed by atoms with Crippen molar-refractivity contribution in [1.82, 2.24) is 14.6 Å². The van der Waals surface area contributed by atoms with Gasteiger partial charge in [-0.1, -0.05) is 86.0 Å². The van der Waals surface area contributed by atoms with Crippen molar-refractivity contribution in [2.45, 2.75) is 135 Å². The SMILES string of the molecule is [C-]#[N+]CCCP(O[C@@H]1C[C@@H](COC(c2ccccc2)(c2ccc(OC)cc2)c2ccc(OC)cc2)N(C(=O)CCCCCCC(=O)CCCCCON2C(=O)c3ccccc3C2=O)C1)N(C(C)C)C(C)C. The van der Waals surface area contributed by atoms with Gasteiger partial charge in [0.25, 0.3) is 11.8 Å². The molecule has 4 aromatic carbocycles. The summed E-state index contributed by atoms with van der Waals surface area (Å²) in [4.78, 5) is 63.4. The molecule has 4 aromatic rings. The molecule has 1 unspecified atom stereocenters. The van der Waals surface area contributed by atoms with Gasteiger partial charge in [0, 0.05) is 50.5 Å². The van der Waals surface area contributed by atoms with Crippen molar-refractivity contribution in [3.8, 4) is 11.5 Å². The normalized spacial score (nSPS) is 16.2. The Kier molecular flexibility index (Phi) is 21.1. The van der Waals surface area contributed by atoms with E-state index < -0.39 is 25.7 Å². The molecule has 1 saturated heterocycles. The Morgan fingerprint density at radius 3 is 1.76 bits per heavy atom. The number of carbonyl (C=O) groups excluding carboxylic acids is 4. The minimum absolute atomic E-state index is 0.0638. The Balaban J connectivity index is 1.08. The van der Waals surface area contributed by atoms with Gasteiger partial charge >= 0.3 is 0 Å². The zero-order chi connectivity index (χ0) is 50.8. The lowest BCUT2D eigenvalue weighted by atomic mass is 9.80. The Labute approximate surface area is 422 Å². The molecule has 0 N–H and O–H groups in total. The van der Waals surface area contributed by atoms with Gasteiger partial charge in [-0.05, 0) is 113 Å². The molecule has 71 heavy (non-hydrogen) atoms. The van der Waals surface area contributed by atoms with Crippen LogP contribution >= 0.6 is 8.30 Å². The number of ether oxygens (including phenoxy) is 3. The van der Waals surface area contributed by atoms with Gasteiger partial charge in [0.1, 0.15) is 31.2 Å². The number of fused-ring (bicyclic) bond motifs is 1. The Morgan fingerprint density at radius 1 is 0.704 bits per heavy atom. The van der Waals surface area contributed by atoms with E-state index in [0.717, 1.165) is 71.5 Å². The van der Waals surface area contributed by atoms with Gasteiger partial charge in [0.15, 0.2) is 0 Å². The number of methoxy groups -OCH3 is 2. The third-order valence-corrected chi connectivity index (χ3v) is 15.9. The second kappa shape index (κ2) is 27.4. The van der Waals surface area contributed by atoms with E-state index in [-0.39, 0.29) is 49.1 Å². The van der Waals surface area contributed by atoms with Gasteiger partial charge in [0.2, 0.25) is 12.5 Å². The maximum absolute atomic E-state index is 14.5. The molecule has 14 heteroatoms. The molecule has 3 atom stereocenters. The van der Waals surface area contributed by atoms with Crippen LogP contribution in [0, 0.1) is 6.57 Å². The van der Waals surface area contributed by atoms with E-state index in [1.807, 2.05) is 71.6 Å². The summed E-state index contributed by atoms with van der Waals surface area (Å²) in [5.74, 6) is 0.854. The first kappa shape index (κ1) is 54.8. The number of carbonyl (C=O) groups is 4. The molecule has 0 aromatic heterocycles. The number of hydrogen-bond donors (Lipinski definition) is 0. The lowest BCUT2D eigenvalue weighted by Gasteiger charge is -2.38. The first-order valence-corrected chi connectivity index (χ1v) is 26.8. The molecular weight excluding hydrogens is 916 g/mol. The summed E-state index contributed by atoms with van der Waals surface area (Å²) < 4.78 is 28.1. The van der Waals surface area contributed by atoms with Crippen molar-refractivity contribution in [1.29, 1.82) is 0 Å². The first-order valence-electron chi connectivity index (χ1n) is 25.4. The number of hydrogen-bond acceptors (Lipinski definition) is 10. The zero-order valence-electron chi connectivity index (χ0n) is 42.6. The topological polar surface area (TPSA) is 129 Å². The summed E-state index contributed by atoms with van der Waals surface area (Å²) >= 11 is 0. The highest BCUT2D eigenvalue weighted by Gasteiger charge is 2.43. The van der Waals surface area contributed by atoms with Gasteiger partial charge in [-0.3, -0.25) is 28.7 Å². The van der Waals surface area contributed by atoms with Gasteiger partial charge in [-0.25, -0.2) is 6.57 Å². The number of unbranched alkanes of at least 4 members (excludes halogenated alkanes) is 5. The fourth-order valence-corrected chi connectivity index (χ4v) is 12.1. The van der Waals surface area contributed by atoms with Crippen molar-refractivity contribution < 1.29 is 42.8 Å². The van der Waals surface area contributed by atoms with Crippen LogP contribution in [0.15, 0.2) is 103 Å². The van der Waals surface area contributed by atoms with Gasteiger partial charge in [-0.15, -0.1) is 5.06 Å². The predicted molar refractivity (Wildman–Crippen MR) is 277 cm³/mol. The van der Waals surface area contributed by atoms with Crippen LogP contribution in [0.5, 0.6) is 11.5 Å². The van der Waals surface area contributed by atoms with Crippen LogP contribution < -0.4 is 9.47 Å². The van der Waals surface area contributed by atoms with Crippen molar-refractivity contribution in [2.24, 2.45) is 0 Å². The molecule has 380 valence electrons. The summed E-state index contributed by atoms with van der Waals surface area (Å²) in [6.07, 6.45) is 8.53. The molecular formula is C57H73N4O9P. The highest BCUT2D eigenvalue weighted by molar-refractivity contribution is 7.50. The summed E-state index contributed by atoms with van der Waals surface area (Å²) in [5, 5.41) is 0.838. The van der Waals surface area contributed by atoms with Crippen molar-refractivity contribution >= 4 is 31.8 Å². The van der Waals surface area contributed by atoms with E-state index in [4.69, 9.17) is 30.1 Å². The summed E-state index contributed by atoms with van der Waals surface area (Å²) in [7, 11) is 2.26. The van der Waals surface area contributed by atoms with Crippen LogP contribution in [0.2, 0.25) is 0 Å². The van der Waals surface area contributed by atoms with Crippen molar-refractivity contribution in [2.75, 3.05) is 46.7 Å². The Hall–Kier alpha value is -5.48. The molecule has 1 fully saturated rings. The number of likely N-dealkylation sites (tertiary alicyclic amines) is 1. The van der Waals surface area contributed by atoms with Crippen LogP contribution in [0.3, 0.4) is 0 Å². The smallest absolute Gasteiger partial charge is 0.285 e. The fourth-order valence-electron chi connectivity index (χ4n) is 9.76. The fraction of sp³-hybridized carbons (Fsp3) is 0.491. The van der Waals surface area contributed by atoms with E-state index in [9.17, 15) is 19.2 Å². The lowest BCUT2D eigenvalue weighted by molar-refractivity contribution is -0.134. The van der Waals surface area contributed by atoms with E-state index in [2.05, 4.69) is 49.3 Å². The highest BCUT2D eigenvalue weighted by atomic mass is 31.2. The average Bonchev–Trinajstić information content (AvgIpc) is 3.90. The molecule has 13 nitrogen and oxygen atoms in total. The highest BCUT2D eigenvalue weighted by Crippen LogP contribution is 2.49. The third kappa shape index (κ3) is 14.4. The number of Topliss-reactive ketones (excluding diaryl/α,β-unsaturated/α-hetero) is 1. The molecule has 2 aliphatic rings. The molecule has 0 radical (unpaired) electrons. The molecule has 0 bridgehead atoms. The largest absolute Gasteiger partial charge is 0.497 e. The van der Waals surface area contributed by atoms with Crippen LogP contribution in [-0.2, 0) is 29.3 Å². The standard InChI is InChI=1S/C57H73N4O9P/c1-42(2)61(43(3)4)71(38-20-36-58-5)70-51-39-47(41-68-57(44-21-12-10-13-22-44,45-28-32-49(66-6)33-29-45)46-30-34-50(67-7)35-31-46)59(40-51)54(63)27-16-9-8-14-23-48(62)24-15-11-19-37-69-60-55(64)52-25-17-18-26-53(52)56(60)65/h10,12-13,17-18,21-22,25-26,28-35,42-43,47,51H,8-9,11,14-16,19-20,23-24,27,36-41H2,1-4,6-7H3/t47-,51+,71?/m0/s1. The van der Waals surface area contributed by atoms with Gasteiger partial charge in [-0.2, -0.15) is 0 Å². The molecule has 3 amide bonds. The molecule has 0 saturated carbocycles. The summed E-state index contributed by atoms with van der Waals surface area (Å²) in [6.45, 7) is 17.6. The molecule has 2 heterocycles. The quantitative estimate of drug-likeness (QED) is 0.0164. The van der Waals surface area contributed by atoms with E-state index >= 15 is 0 Å². The van der Waals surface area contributed by atoms with Crippen molar-refractivity contribution in [3.63, 3.8) is 0 Å². The van der Waals surface area contributed by atoms with Crippen LogP contribution in [-0.4, -0.2) is 109 Å². The minimum atomic E-state index is -1.05. The van der Waals surface area contributed by atoms with Gasteiger partial charge < -0.3 is 28.5 Å². The maximum atomic E-state index is 14.5. The summed E-state index contributed by atoms with van der Waals surface area (Å²) in [6, 6.07) is 33.0. The number of amides is 3. The van der Waals surface area contributed by atoms with Crippen LogP contribution in [0.4, 0.5) is 0 Å². The number of benzene rings is 4. The lowest BCUT2D eigenvalue weighted by Crippen LogP contribution is -2.42. The maximum Gasteiger partial charge on any atom is 0.285 e.